The molecule has 0 unspecified atom stereocenters. The SMILES string of the molecule is Cc1ccc(-c2cc(-c3ccc(C(=O)O)cc3)c(-c3ccc(C(=O)O)cc3)cc2-c2ccc(C)cc2)cc1. The van der Waals surface area contributed by atoms with Crippen LogP contribution in [0.5, 0.6) is 0 Å². The molecule has 0 aliphatic rings. The first kappa shape index (κ1) is 24.7. The number of benzene rings is 5. The summed E-state index contributed by atoms with van der Waals surface area (Å²) in [5, 5.41) is 18.8. The third-order valence-electron chi connectivity index (χ3n) is 6.77. The first-order valence-corrected chi connectivity index (χ1v) is 12.3. The van der Waals surface area contributed by atoms with Crippen LogP contribution in [0.15, 0.2) is 109 Å². The van der Waals surface area contributed by atoms with Crippen LogP contribution in [0, 0.1) is 13.8 Å². The van der Waals surface area contributed by atoms with E-state index >= 15 is 0 Å². The molecule has 2 N–H and O–H groups in total. The Balaban J connectivity index is 1.80. The van der Waals surface area contributed by atoms with Crippen LogP contribution in [0.1, 0.15) is 31.8 Å². The lowest BCUT2D eigenvalue weighted by atomic mass is 9.85. The highest BCUT2D eigenvalue weighted by Crippen LogP contribution is 2.42. The standard InChI is InChI=1S/C34H26O4/c1-21-3-7-23(8-4-21)29-19-31(25-11-15-27(16-12-25)33(35)36)32(26-13-17-28(18-14-26)34(37)38)20-30(29)24-9-5-22(2)6-10-24/h3-20H,1-2H3,(H,35,36)(H,37,38). The van der Waals surface area contributed by atoms with Crippen molar-refractivity contribution < 1.29 is 19.8 Å². The fourth-order valence-corrected chi connectivity index (χ4v) is 4.61. The highest BCUT2D eigenvalue weighted by Gasteiger charge is 2.17. The van der Waals surface area contributed by atoms with Gasteiger partial charge in [0, 0.05) is 0 Å². The second kappa shape index (κ2) is 10.2. The molecule has 0 amide bonds. The Labute approximate surface area is 221 Å². The average molecular weight is 499 g/mol. The predicted molar refractivity (Wildman–Crippen MR) is 152 cm³/mol. The highest BCUT2D eigenvalue weighted by atomic mass is 16.4. The van der Waals surface area contributed by atoms with E-state index in [0.29, 0.717) is 0 Å². The van der Waals surface area contributed by atoms with Gasteiger partial charge in [0.1, 0.15) is 0 Å². The number of hydrogen-bond donors (Lipinski definition) is 2. The van der Waals surface area contributed by atoms with Gasteiger partial charge < -0.3 is 10.2 Å². The summed E-state index contributed by atoms with van der Waals surface area (Å²) in [6.07, 6.45) is 0. The second-order valence-electron chi connectivity index (χ2n) is 9.44. The Morgan fingerprint density at radius 2 is 0.658 bits per heavy atom. The minimum atomic E-state index is -0.976. The molecule has 0 radical (unpaired) electrons. The van der Waals surface area contributed by atoms with Gasteiger partial charge in [0.15, 0.2) is 0 Å². The van der Waals surface area contributed by atoms with Gasteiger partial charge in [-0.15, -0.1) is 0 Å². The summed E-state index contributed by atoms with van der Waals surface area (Å²) in [5.41, 5.74) is 10.6. The highest BCUT2D eigenvalue weighted by molar-refractivity contribution is 5.96. The Morgan fingerprint density at radius 1 is 0.421 bits per heavy atom. The maximum Gasteiger partial charge on any atom is 0.335 e. The minimum Gasteiger partial charge on any atom is -0.478 e. The third-order valence-corrected chi connectivity index (χ3v) is 6.77. The molecule has 5 rings (SSSR count). The van der Waals surface area contributed by atoms with Gasteiger partial charge in [0.05, 0.1) is 11.1 Å². The molecule has 4 nitrogen and oxygen atoms in total. The van der Waals surface area contributed by atoms with Crippen molar-refractivity contribution in [3.63, 3.8) is 0 Å². The van der Waals surface area contributed by atoms with Crippen LogP contribution < -0.4 is 0 Å². The van der Waals surface area contributed by atoms with Gasteiger partial charge in [-0.2, -0.15) is 0 Å². The van der Waals surface area contributed by atoms with Crippen molar-refractivity contribution in [2.75, 3.05) is 0 Å². The molecule has 38 heavy (non-hydrogen) atoms. The fourth-order valence-electron chi connectivity index (χ4n) is 4.61. The zero-order valence-corrected chi connectivity index (χ0v) is 21.1. The number of carboxylic acids is 2. The average Bonchev–Trinajstić information content (AvgIpc) is 2.93. The van der Waals surface area contributed by atoms with E-state index in [2.05, 4.69) is 74.5 Å². The van der Waals surface area contributed by atoms with Crippen molar-refractivity contribution in [2.45, 2.75) is 13.8 Å². The summed E-state index contributed by atoms with van der Waals surface area (Å²) >= 11 is 0. The van der Waals surface area contributed by atoms with Crippen molar-refractivity contribution in [3.05, 3.63) is 131 Å². The largest absolute Gasteiger partial charge is 0.478 e. The normalized spacial score (nSPS) is 10.8. The van der Waals surface area contributed by atoms with Crippen LogP contribution in [-0.2, 0) is 0 Å². The van der Waals surface area contributed by atoms with Crippen LogP contribution in [0.3, 0.4) is 0 Å². The summed E-state index contributed by atoms with van der Waals surface area (Å²) in [5.74, 6) is -1.95. The lowest BCUT2D eigenvalue weighted by Gasteiger charge is -2.19. The molecule has 0 saturated carbocycles. The third kappa shape index (κ3) is 4.97. The molecule has 0 spiro atoms. The van der Waals surface area contributed by atoms with Gasteiger partial charge >= 0.3 is 11.9 Å². The second-order valence-corrected chi connectivity index (χ2v) is 9.44. The van der Waals surface area contributed by atoms with Crippen LogP contribution in [0.25, 0.3) is 44.5 Å². The van der Waals surface area contributed by atoms with Gasteiger partial charge in [-0.3, -0.25) is 0 Å². The van der Waals surface area contributed by atoms with Gasteiger partial charge in [-0.05, 0) is 94.8 Å². The van der Waals surface area contributed by atoms with Crippen molar-refractivity contribution in [1.82, 2.24) is 0 Å². The summed E-state index contributed by atoms with van der Waals surface area (Å²) in [7, 11) is 0. The van der Waals surface area contributed by atoms with Gasteiger partial charge in [0.2, 0.25) is 0 Å². The summed E-state index contributed by atoms with van der Waals surface area (Å²) in [6, 6.07) is 34.8. The lowest BCUT2D eigenvalue weighted by molar-refractivity contribution is 0.0686. The molecule has 5 aromatic carbocycles. The molecule has 0 aliphatic carbocycles. The van der Waals surface area contributed by atoms with Crippen molar-refractivity contribution in [3.8, 4) is 44.5 Å². The molecule has 0 atom stereocenters. The van der Waals surface area contributed by atoms with Crippen LogP contribution in [-0.4, -0.2) is 22.2 Å². The Bertz CT molecular complexity index is 1500. The van der Waals surface area contributed by atoms with E-state index in [0.717, 1.165) is 44.5 Å². The number of aromatic carboxylic acids is 2. The van der Waals surface area contributed by atoms with Crippen molar-refractivity contribution in [1.29, 1.82) is 0 Å². The van der Waals surface area contributed by atoms with E-state index in [1.807, 2.05) is 24.3 Å². The summed E-state index contributed by atoms with van der Waals surface area (Å²) in [4.78, 5) is 22.9. The Hall–Kier alpha value is -4.96. The molecule has 0 bridgehead atoms. The maximum atomic E-state index is 11.5. The monoisotopic (exact) mass is 498 g/mol. The van der Waals surface area contributed by atoms with E-state index in [9.17, 15) is 19.8 Å². The van der Waals surface area contributed by atoms with Crippen LogP contribution in [0.2, 0.25) is 0 Å². The van der Waals surface area contributed by atoms with Crippen molar-refractivity contribution >= 4 is 11.9 Å². The van der Waals surface area contributed by atoms with Gasteiger partial charge in [-0.1, -0.05) is 83.9 Å². The summed E-state index contributed by atoms with van der Waals surface area (Å²) < 4.78 is 0. The lowest BCUT2D eigenvalue weighted by Crippen LogP contribution is -1.97. The quantitative estimate of drug-likeness (QED) is 0.247. The molecule has 0 heterocycles. The molecule has 186 valence electrons. The minimum absolute atomic E-state index is 0.219. The van der Waals surface area contributed by atoms with E-state index in [1.54, 1.807) is 24.3 Å². The Kier molecular flexibility index (Phi) is 6.63. The van der Waals surface area contributed by atoms with Gasteiger partial charge in [-0.25, -0.2) is 9.59 Å². The van der Waals surface area contributed by atoms with E-state index < -0.39 is 11.9 Å². The molecular weight excluding hydrogens is 472 g/mol. The number of carbonyl (C=O) groups is 2. The first-order chi connectivity index (χ1) is 18.3. The molecular formula is C34H26O4. The zero-order valence-electron chi connectivity index (χ0n) is 21.1. The molecule has 0 fully saturated rings. The predicted octanol–water partition coefficient (Wildman–Crippen LogP) is 8.37. The Morgan fingerprint density at radius 3 is 0.895 bits per heavy atom. The van der Waals surface area contributed by atoms with Gasteiger partial charge in [0.25, 0.3) is 0 Å². The van der Waals surface area contributed by atoms with E-state index in [1.165, 1.54) is 11.1 Å². The maximum absolute atomic E-state index is 11.5. The molecule has 0 aromatic heterocycles. The van der Waals surface area contributed by atoms with E-state index in [4.69, 9.17) is 0 Å². The molecule has 5 aromatic rings. The number of aryl methyl sites for hydroxylation is 2. The van der Waals surface area contributed by atoms with E-state index in [-0.39, 0.29) is 11.1 Å². The topological polar surface area (TPSA) is 74.6 Å². The number of carboxylic acid groups (broad SMARTS) is 2. The smallest absolute Gasteiger partial charge is 0.335 e. The number of rotatable bonds is 6. The van der Waals surface area contributed by atoms with Crippen LogP contribution >= 0.6 is 0 Å². The first-order valence-electron chi connectivity index (χ1n) is 12.3. The summed E-state index contributed by atoms with van der Waals surface area (Å²) in [6.45, 7) is 4.12. The molecule has 0 saturated heterocycles. The fraction of sp³-hybridized carbons (Fsp3) is 0.0588. The van der Waals surface area contributed by atoms with Crippen molar-refractivity contribution in [2.24, 2.45) is 0 Å². The number of hydrogen-bond acceptors (Lipinski definition) is 2. The zero-order chi connectivity index (χ0) is 26.8. The molecule has 0 aliphatic heterocycles. The molecule has 4 heteroatoms. The van der Waals surface area contributed by atoms with Crippen LogP contribution in [0.4, 0.5) is 0 Å².